The maximum atomic E-state index is 12.2. The Balaban J connectivity index is 1.54. The van der Waals surface area contributed by atoms with E-state index in [9.17, 15) is 14.9 Å². The molecule has 3 rings (SSSR count). The van der Waals surface area contributed by atoms with E-state index in [1.807, 2.05) is 20.8 Å². The summed E-state index contributed by atoms with van der Waals surface area (Å²) in [6.07, 6.45) is 5.98. The zero-order chi connectivity index (χ0) is 23.1. The van der Waals surface area contributed by atoms with Crippen LogP contribution >= 0.6 is 0 Å². The lowest BCUT2D eigenvalue weighted by Gasteiger charge is -2.34. The molecule has 0 bridgehead atoms. The van der Waals surface area contributed by atoms with Gasteiger partial charge in [0.15, 0.2) is 0 Å². The smallest absolute Gasteiger partial charge is 0.410 e. The molecule has 2 aliphatic heterocycles. The molecule has 0 atom stereocenters. The van der Waals surface area contributed by atoms with Crippen LogP contribution in [-0.2, 0) is 4.74 Å². The quantitative estimate of drug-likeness (QED) is 0.496. The molecule has 1 amide bonds. The molecule has 0 saturated carbocycles. The summed E-state index contributed by atoms with van der Waals surface area (Å²) < 4.78 is 11.2. The van der Waals surface area contributed by atoms with Crippen LogP contribution in [0.15, 0.2) is 12.3 Å². The minimum atomic E-state index is -0.533. The standard InChI is InChI=1S/C22H35N5O5/c1-22(2,3)32-21(28)26-11-7-17(8-12-26)24-18-15-20(23-16-19(18)27(29)30)31-14-13-25-9-5-4-6-10-25/h15-17H,4-14H2,1-3H3,(H,23,24). The third kappa shape index (κ3) is 7.22. The summed E-state index contributed by atoms with van der Waals surface area (Å²) in [7, 11) is 0. The second kappa shape index (κ2) is 10.8. The molecule has 2 saturated heterocycles. The lowest BCUT2D eigenvalue weighted by Crippen LogP contribution is -2.44. The van der Waals surface area contributed by atoms with E-state index in [-0.39, 0.29) is 17.8 Å². The van der Waals surface area contributed by atoms with Gasteiger partial charge in [-0.2, -0.15) is 0 Å². The molecule has 10 heteroatoms. The number of piperidine rings is 2. The van der Waals surface area contributed by atoms with Crippen LogP contribution in [0.2, 0.25) is 0 Å². The molecule has 2 fully saturated rings. The number of nitrogens with one attached hydrogen (secondary N) is 1. The zero-order valence-corrected chi connectivity index (χ0v) is 19.3. The number of ether oxygens (including phenoxy) is 2. The van der Waals surface area contributed by atoms with E-state index in [0.29, 0.717) is 44.1 Å². The molecule has 0 radical (unpaired) electrons. The average Bonchev–Trinajstić information content (AvgIpc) is 2.74. The largest absolute Gasteiger partial charge is 0.476 e. The van der Waals surface area contributed by atoms with Crippen molar-refractivity contribution < 1.29 is 19.2 Å². The maximum absolute atomic E-state index is 12.2. The van der Waals surface area contributed by atoms with Gasteiger partial charge in [0.2, 0.25) is 5.88 Å². The Bertz CT molecular complexity index is 783. The van der Waals surface area contributed by atoms with E-state index >= 15 is 0 Å². The SMILES string of the molecule is CC(C)(C)OC(=O)N1CCC(Nc2cc(OCCN3CCCCC3)ncc2[N+](=O)[O-])CC1. The molecular weight excluding hydrogens is 414 g/mol. The van der Waals surface area contributed by atoms with Crippen molar-refractivity contribution in [3.63, 3.8) is 0 Å². The summed E-state index contributed by atoms with van der Waals surface area (Å²) in [5, 5.41) is 14.7. The number of nitrogens with zero attached hydrogens (tertiary/aromatic N) is 4. The van der Waals surface area contributed by atoms with Crippen molar-refractivity contribution >= 4 is 17.5 Å². The van der Waals surface area contributed by atoms with Gasteiger partial charge in [0, 0.05) is 31.7 Å². The van der Waals surface area contributed by atoms with Crippen LogP contribution in [-0.4, -0.2) is 76.8 Å². The van der Waals surface area contributed by atoms with Crippen LogP contribution in [0.25, 0.3) is 0 Å². The van der Waals surface area contributed by atoms with Gasteiger partial charge in [-0.1, -0.05) is 6.42 Å². The minimum Gasteiger partial charge on any atom is -0.476 e. The first-order valence-electron chi connectivity index (χ1n) is 11.5. The van der Waals surface area contributed by atoms with E-state index in [0.717, 1.165) is 19.6 Å². The second-order valence-corrected chi connectivity index (χ2v) is 9.43. The van der Waals surface area contributed by atoms with Crippen LogP contribution in [0.5, 0.6) is 5.88 Å². The Hall–Kier alpha value is -2.62. The van der Waals surface area contributed by atoms with Crippen molar-refractivity contribution in [2.75, 3.05) is 44.6 Å². The second-order valence-electron chi connectivity index (χ2n) is 9.43. The number of hydrogen-bond donors (Lipinski definition) is 1. The Kier molecular flexibility index (Phi) is 8.11. The summed E-state index contributed by atoms with van der Waals surface area (Å²) in [5.74, 6) is 0.376. The monoisotopic (exact) mass is 449 g/mol. The van der Waals surface area contributed by atoms with E-state index in [4.69, 9.17) is 9.47 Å². The van der Waals surface area contributed by atoms with Gasteiger partial charge >= 0.3 is 11.8 Å². The van der Waals surface area contributed by atoms with Gasteiger partial charge in [-0.05, 0) is 59.5 Å². The highest BCUT2D eigenvalue weighted by atomic mass is 16.6. The third-order valence-corrected chi connectivity index (χ3v) is 5.67. The molecule has 1 aromatic heterocycles. The molecule has 32 heavy (non-hydrogen) atoms. The Morgan fingerprint density at radius 1 is 1.22 bits per heavy atom. The van der Waals surface area contributed by atoms with Gasteiger partial charge in [-0.3, -0.25) is 15.0 Å². The minimum absolute atomic E-state index is 0.0102. The number of likely N-dealkylation sites (tertiary alicyclic amines) is 2. The molecule has 0 aromatic carbocycles. The Morgan fingerprint density at radius 2 is 1.91 bits per heavy atom. The Morgan fingerprint density at radius 3 is 2.53 bits per heavy atom. The third-order valence-electron chi connectivity index (χ3n) is 5.67. The van der Waals surface area contributed by atoms with E-state index in [2.05, 4.69) is 15.2 Å². The summed E-state index contributed by atoms with van der Waals surface area (Å²) in [6, 6.07) is 1.62. The fourth-order valence-corrected chi connectivity index (χ4v) is 3.98. The van der Waals surface area contributed by atoms with Crippen molar-refractivity contribution in [1.82, 2.24) is 14.8 Å². The number of anilines is 1. The summed E-state index contributed by atoms with van der Waals surface area (Å²) in [6.45, 7) is 10.1. The topological polar surface area (TPSA) is 110 Å². The fraction of sp³-hybridized carbons (Fsp3) is 0.727. The number of nitro groups is 1. The van der Waals surface area contributed by atoms with Gasteiger partial charge in [-0.15, -0.1) is 0 Å². The number of rotatable bonds is 7. The predicted octanol–water partition coefficient (Wildman–Crippen LogP) is 3.67. The van der Waals surface area contributed by atoms with E-state index in [1.54, 1.807) is 11.0 Å². The first-order valence-corrected chi connectivity index (χ1v) is 11.5. The molecule has 1 N–H and O–H groups in total. The van der Waals surface area contributed by atoms with Gasteiger partial charge in [0.05, 0.1) is 4.92 Å². The van der Waals surface area contributed by atoms with Crippen LogP contribution in [0, 0.1) is 10.1 Å². The van der Waals surface area contributed by atoms with Crippen molar-refractivity contribution in [2.24, 2.45) is 0 Å². The number of hydrogen-bond acceptors (Lipinski definition) is 8. The lowest BCUT2D eigenvalue weighted by atomic mass is 10.0. The highest BCUT2D eigenvalue weighted by Gasteiger charge is 2.28. The first kappa shape index (κ1) is 24.0. The van der Waals surface area contributed by atoms with Gasteiger partial charge in [0.1, 0.15) is 24.1 Å². The van der Waals surface area contributed by atoms with Crippen molar-refractivity contribution in [1.29, 1.82) is 0 Å². The van der Waals surface area contributed by atoms with Gasteiger partial charge in [-0.25, -0.2) is 9.78 Å². The maximum Gasteiger partial charge on any atom is 0.410 e. The lowest BCUT2D eigenvalue weighted by molar-refractivity contribution is -0.384. The molecule has 3 heterocycles. The average molecular weight is 450 g/mol. The molecule has 0 spiro atoms. The van der Waals surface area contributed by atoms with Crippen LogP contribution in [0.3, 0.4) is 0 Å². The number of carbonyl (C=O) groups is 1. The summed E-state index contributed by atoms with van der Waals surface area (Å²) in [4.78, 5) is 31.4. The number of carbonyl (C=O) groups excluding carboxylic acids is 1. The first-order chi connectivity index (χ1) is 15.2. The zero-order valence-electron chi connectivity index (χ0n) is 19.3. The summed E-state index contributed by atoms with van der Waals surface area (Å²) >= 11 is 0. The highest BCUT2D eigenvalue weighted by molar-refractivity contribution is 5.68. The number of pyridine rings is 1. The highest BCUT2D eigenvalue weighted by Crippen LogP contribution is 2.29. The fourth-order valence-electron chi connectivity index (χ4n) is 3.98. The molecule has 2 aliphatic rings. The van der Waals surface area contributed by atoms with Gasteiger partial charge in [0.25, 0.3) is 0 Å². The van der Waals surface area contributed by atoms with Crippen LogP contribution < -0.4 is 10.1 Å². The number of aromatic nitrogens is 1. The molecule has 0 aliphatic carbocycles. The van der Waals surface area contributed by atoms with Crippen LogP contribution in [0.4, 0.5) is 16.2 Å². The summed E-state index contributed by atoms with van der Waals surface area (Å²) in [5.41, 5.74) is -0.217. The molecule has 1 aromatic rings. The van der Waals surface area contributed by atoms with Crippen LogP contribution in [0.1, 0.15) is 52.9 Å². The van der Waals surface area contributed by atoms with Crippen molar-refractivity contribution in [3.8, 4) is 5.88 Å². The number of amides is 1. The molecule has 0 unspecified atom stereocenters. The molecule has 10 nitrogen and oxygen atoms in total. The predicted molar refractivity (Wildman–Crippen MR) is 121 cm³/mol. The van der Waals surface area contributed by atoms with Crippen molar-refractivity contribution in [3.05, 3.63) is 22.4 Å². The Labute approximate surface area is 189 Å². The molecular formula is C22H35N5O5. The molecule has 178 valence electrons. The normalized spacial score (nSPS) is 18.3. The van der Waals surface area contributed by atoms with Gasteiger partial charge < -0.3 is 19.7 Å². The van der Waals surface area contributed by atoms with Crippen molar-refractivity contribution in [2.45, 2.75) is 64.5 Å². The van der Waals surface area contributed by atoms with E-state index < -0.39 is 10.5 Å². The van der Waals surface area contributed by atoms with E-state index in [1.165, 1.54) is 25.5 Å².